The van der Waals surface area contributed by atoms with Crippen molar-refractivity contribution in [2.45, 2.75) is 12.8 Å². The summed E-state index contributed by atoms with van der Waals surface area (Å²) in [4.78, 5) is 4.33. The van der Waals surface area contributed by atoms with Crippen molar-refractivity contribution in [1.82, 2.24) is 4.98 Å². The van der Waals surface area contributed by atoms with Gasteiger partial charge in [-0.15, -0.1) is 0 Å². The highest BCUT2D eigenvalue weighted by Gasteiger charge is 2.13. The number of nitrogens with zero attached hydrogens (tertiary/aromatic N) is 1. The van der Waals surface area contributed by atoms with E-state index in [2.05, 4.69) is 46.1 Å². The first-order valence-electron chi connectivity index (χ1n) is 3.61. The first-order chi connectivity index (χ1) is 5.27. The topological polar surface area (TPSA) is 12.9 Å². The Balaban J connectivity index is 2.58. The van der Waals surface area contributed by atoms with Crippen LogP contribution < -0.4 is 0 Å². The van der Waals surface area contributed by atoms with Gasteiger partial charge in [0.15, 0.2) is 0 Å². The molecule has 1 aliphatic carbocycles. The zero-order valence-corrected chi connectivity index (χ0v) is 7.80. The third-order valence-corrected chi connectivity index (χ3v) is 2.35. The summed E-state index contributed by atoms with van der Waals surface area (Å²) in [6.45, 7) is 2.16. The average molecular weight is 210 g/mol. The molecule has 1 heterocycles. The molecule has 1 aliphatic rings. The number of pyridine rings is 1. The second-order valence-electron chi connectivity index (χ2n) is 2.78. The molecular formula is C9H8BrN. The Morgan fingerprint density at radius 1 is 1.55 bits per heavy atom. The molecule has 0 saturated heterocycles. The molecule has 1 unspecified atom stereocenters. The van der Waals surface area contributed by atoms with Gasteiger partial charge in [0.25, 0.3) is 0 Å². The standard InChI is InChI=1S/C9H8BrN/c1-6-2-3-7-4-8(10)5-11-9(6)7/h2-6H,1H3. The largest absolute Gasteiger partial charge is 0.259 e. The van der Waals surface area contributed by atoms with Crippen LogP contribution in [0.1, 0.15) is 24.1 Å². The van der Waals surface area contributed by atoms with Gasteiger partial charge in [-0.25, -0.2) is 0 Å². The van der Waals surface area contributed by atoms with Crippen molar-refractivity contribution >= 4 is 22.0 Å². The molecule has 0 amide bonds. The van der Waals surface area contributed by atoms with E-state index in [4.69, 9.17) is 0 Å². The molecule has 0 aromatic carbocycles. The van der Waals surface area contributed by atoms with Crippen molar-refractivity contribution in [3.8, 4) is 0 Å². The number of rotatable bonds is 0. The van der Waals surface area contributed by atoms with E-state index in [0.717, 1.165) is 4.47 Å². The highest BCUT2D eigenvalue weighted by Crippen LogP contribution is 2.28. The zero-order chi connectivity index (χ0) is 7.84. The zero-order valence-electron chi connectivity index (χ0n) is 6.21. The predicted molar refractivity (Wildman–Crippen MR) is 49.4 cm³/mol. The average Bonchev–Trinajstić information content (AvgIpc) is 2.32. The lowest BCUT2D eigenvalue weighted by Gasteiger charge is -2.01. The van der Waals surface area contributed by atoms with E-state index >= 15 is 0 Å². The Morgan fingerprint density at radius 2 is 2.36 bits per heavy atom. The highest BCUT2D eigenvalue weighted by atomic mass is 79.9. The molecule has 0 spiro atoms. The van der Waals surface area contributed by atoms with Crippen molar-refractivity contribution in [2.24, 2.45) is 0 Å². The quantitative estimate of drug-likeness (QED) is 0.641. The van der Waals surface area contributed by atoms with Crippen molar-refractivity contribution < 1.29 is 0 Å². The molecule has 11 heavy (non-hydrogen) atoms. The smallest absolute Gasteiger partial charge is 0.0542 e. The number of hydrogen-bond acceptors (Lipinski definition) is 1. The molecule has 0 bridgehead atoms. The van der Waals surface area contributed by atoms with Crippen LogP contribution in [0.15, 0.2) is 22.8 Å². The fourth-order valence-electron chi connectivity index (χ4n) is 1.32. The summed E-state index contributed by atoms with van der Waals surface area (Å²) in [5.74, 6) is 0.484. The lowest BCUT2D eigenvalue weighted by Crippen LogP contribution is -1.91. The molecule has 56 valence electrons. The van der Waals surface area contributed by atoms with Crippen molar-refractivity contribution in [1.29, 1.82) is 0 Å². The molecule has 1 aromatic heterocycles. The number of hydrogen-bond donors (Lipinski definition) is 0. The molecular weight excluding hydrogens is 202 g/mol. The van der Waals surface area contributed by atoms with Gasteiger partial charge in [-0.1, -0.05) is 19.1 Å². The molecule has 0 fully saturated rings. The number of aromatic nitrogens is 1. The number of halogens is 1. The normalized spacial score (nSPS) is 20.4. The van der Waals surface area contributed by atoms with Crippen molar-refractivity contribution in [3.05, 3.63) is 34.1 Å². The predicted octanol–water partition coefficient (Wildman–Crippen LogP) is 2.97. The second-order valence-corrected chi connectivity index (χ2v) is 3.69. The molecule has 1 atom stereocenters. The maximum Gasteiger partial charge on any atom is 0.0542 e. The van der Waals surface area contributed by atoms with Gasteiger partial charge >= 0.3 is 0 Å². The summed E-state index contributed by atoms with van der Waals surface area (Å²) < 4.78 is 1.05. The Labute approximate surface area is 74.3 Å². The van der Waals surface area contributed by atoms with E-state index in [-0.39, 0.29) is 0 Å². The molecule has 1 nitrogen and oxygen atoms in total. The van der Waals surface area contributed by atoms with E-state index in [1.54, 1.807) is 0 Å². The molecule has 0 radical (unpaired) electrons. The summed E-state index contributed by atoms with van der Waals surface area (Å²) in [7, 11) is 0. The summed E-state index contributed by atoms with van der Waals surface area (Å²) >= 11 is 3.39. The Bertz CT molecular complexity index is 317. The fourth-order valence-corrected chi connectivity index (χ4v) is 1.67. The summed E-state index contributed by atoms with van der Waals surface area (Å²) in [5, 5.41) is 0. The van der Waals surface area contributed by atoms with Gasteiger partial charge in [0, 0.05) is 16.6 Å². The second kappa shape index (κ2) is 2.45. The summed E-state index contributed by atoms with van der Waals surface area (Å²) in [5.41, 5.74) is 2.43. The minimum absolute atomic E-state index is 0.484. The fraction of sp³-hybridized carbons (Fsp3) is 0.222. The van der Waals surface area contributed by atoms with E-state index in [9.17, 15) is 0 Å². The van der Waals surface area contributed by atoms with Gasteiger partial charge in [-0.2, -0.15) is 0 Å². The maximum atomic E-state index is 4.33. The van der Waals surface area contributed by atoms with Gasteiger partial charge < -0.3 is 0 Å². The van der Waals surface area contributed by atoms with Crippen LogP contribution >= 0.6 is 15.9 Å². The van der Waals surface area contributed by atoms with Crippen molar-refractivity contribution in [3.63, 3.8) is 0 Å². The third-order valence-electron chi connectivity index (χ3n) is 1.91. The van der Waals surface area contributed by atoms with Crippen molar-refractivity contribution in [2.75, 3.05) is 0 Å². The van der Waals surface area contributed by atoms with Gasteiger partial charge in [0.2, 0.25) is 0 Å². The maximum absolute atomic E-state index is 4.33. The van der Waals surface area contributed by atoms with Crippen LogP contribution in [0, 0.1) is 0 Å². The SMILES string of the molecule is CC1C=Cc2cc(Br)cnc21. The van der Waals surface area contributed by atoms with Gasteiger partial charge in [0.1, 0.15) is 0 Å². The highest BCUT2D eigenvalue weighted by molar-refractivity contribution is 9.10. The van der Waals surface area contributed by atoms with Crippen LogP contribution in [0.5, 0.6) is 0 Å². The Kier molecular flexibility index (Phi) is 1.57. The molecule has 1 aromatic rings. The summed E-state index contributed by atoms with van der Waals surface area (Å²) in [6, 6.07) is 2.10. The molecule has 0 aliphatic heterocycles. The molecule has 0 N–H and O–H groups in total. The van der Waals surface area contributed by atoms with Gasteiger partial charge in [0.05, 0.1) is 5.69 Å². The van der Waals surface area contributed by atoms with Crippen LogP contribution in [0.2, 0.25) is 0 Å². The molecule has 2 heteroatoms. The van der Waals surface area contributed by atoms with Crippen LogP contribution in [0.4, 0.5) is 0 Å². The first-order valence-corrected chi connectivity index (χ1v) is 4.40. The lowest BCUT2D eigenvalue weighted by atomic mass is 10.1. The van der Waals surface area contributed by atoms with Crippen LogP contribution in [-0.2, 0) is 0 Å². The van der Waals surface area contributed by atoms with Gasteiger partial charge in [-0.05, 0) is 27.6 Å². The van der Waals surface area contributed by atoms with E-state index in [0.29, 0.717) is 5.92 Å². The third kappa shape index (κ3) is 1.11. The van der Waals surface area contributed by atoms with Crippen LogP contribution in [0.3, 0.4) is 0 Å². The first kappa shape index (κ1) is 7.04. The van der Waals surface area contributed by atoms with Crippen LogP contribution in [-0.4, -0.2) is 4.98 Å². The molecule has 0 saturated carbocycles. The van der Waals surface area contributed by atoms with E-state index in [1.807, 2.05) is 6.20 Å². The number of fused-ring (bicyclic) bond motifs is 1. The monoisotopic (exact) mass is 209 g/mol. The number of allylic oxidation sites excluding steroid dienone is 1. The summed E-state index contributed by atoms with van der Waals surface area (Å²) in [6.07, 6.45) is 6.14. The Morgan fingerprint density at radius 3 is 3.18 bits per heavy atom. The van der Waals surface area contributed by atoms with Crippen LogP contribution in [0.25, 0.3) is 6.08 Å². The van der Waals surface area contributed by atoms with Gasteiger partial charge in [-0.3, -0.25) is 4.98 Å². The minimum atomic E-state index is 0.484. The Hall–Kier alpha value is -0.630. The minimum Gasteiger partial charge on any atom is -0.259 e. The lowest BCUT2D eigenvalue weighted by molar-refractivity contribution is 0.924. The molecule has 2 rings (SSSR count). The van der Waals surface area contributed by atoms with E-state index < -0.39 is 0 Å². The van der Waals surface area contributed by atoms with E-state index in [1.165, 1.54) is 11.3 Å².